The standard InChI is InChI=1S/C27H20N2O4S/c1-15-7-10-18(11-8-15)33-14-23-28-16(2)26(34-23)27(32)29-17-9-12-21-22(13-17)25(31)20-6-4-3-5-19(20)24(21)30/h3-13H,14H2,1-2H3,(H,29,32). The van der Waals surface area contributed by atoms with E-state index in [1.165, 1.54) is 11.3 Å². The quantitative estimate of drug-likeness (QED) is 0.375. The number of benzene rings is 3. The molecule has 0 bridgehead atoms. The molecular formula is C27H20N2O4S. The largest absolute Gasteiger partial charge is 0.486 e. The average Bonchev–Trinajstić information content (AvgIpc) is 3.22. The van der Waals surface area contributed by atoms with E-state index in [-0.39, 0.29) is 29.6 Å². The summed E-state index contributed by atoms with van der Waals surface area (Å²) >= 11 is 1.26. The van der Waals surface area contributed by atoms with Crippen LogP contribution in [0.15, 0.2) is 66.7 Å². The zero-order chi connectivity index (χ0) is 23.8. The van der Waals surface area contributed by atoms with E-state index in [0.29, 0.717) is 38.0 Å². The first-order chi connectivity index (χ1) is 16.4. The first-order valence-electron chi connectivity index (χ1n) is 10.7. The minimum Gasteiger partial charge on any atom is -0.486 e. The highest BCUT2D eigenvalue weighted by molar-refractivity contribution is 7.13. The van der Waals surface area contributed by atoms with Crippen LogP contribution in [0, 0.1) is 13.8 Å². The molecule has 0 aliphatic heterocycles. The van der Waals surface area contributed by atoms with Gasteiger partial charge in [0.05, 0.1) is 5.69 Å². The summed E-state index contributed by atoms with van der Waals surface area (Å²) < 4.78 is 5.77. The number of carbonyl (C=O) groups is 3. The number of amides is 1. The number of anilines is 1. The van der Waals surface area contributed by atoms with Crippen molar-refractivity contribution in [2.45, 2.75) is 20.5 Å². The van der Waals surface area contributed by atoms with E-state index in [0.717, 1.165) is 11.3 Å². The molecule has 0 fully saturated rings. The summed E-state index contributed by atoms with van der Waals surface area (Å²) in [4.78, 5) is 43.6. The molecule has 1 aliphatic rings. The van der Waals surface area contributed by atoms with Gasteiger partial charge in [-0.25, -0.2) is 4.98 Å². The Morgan fingerprint density at radius 3 is 2.24 bits per heavy atom. The van der Waals surface area contributed by atoms with Gasteiger partial charge in [0.1, 0.15) is 22.2 Å². The molecule has 7 heteroatoms. The Hall–Kier alpha value is -4.10. The molecule has 1 aliphatic carbocycles. The molecule has 1 aromatic heterocycles. The number of nitrogens with one attached hydrogen (secondary N) is 1. The van der Waals surface area contributed by atoms with Crippen molar-refractivity contribution < 1.29 is 19.1 Å². The summed E-state index contributed by atoms with van der Waals surface area (Å²) in [6.07, 6.45) is 0. The monoisotopic (exact) mass is 468 g/mol. The maximum atomic E-state index is 12.9. The third kappa shape index (κ3) is 4.02. The van der Waals surface area contributed by atoms with E-state index >= 15 is 0 Å². The van der Waals surface area contributed by atoms with E-state index in [1.807, 2.05) is 31.2 Å². The van der Waals surface area contributed by atoms with E-state index in [4.69, 9.17) is 4.74 Å². The van der Waals surface area contributed by atoms with E-state index in [2.05, 4.69) is 10.3 Å². The van der Waals surface area contributed by atoms with Crippen molar-refractivity contribution in [1.82, 2.24) is 4.98 Å². The third-order valence-electron chi connectivity index (χ3n) is 5.61. The molecule has 0 saturated carbocycles. The van der Waals surface area contributed by atoms with Gasteiger partial charge in [0, 0.05) is 27.9 Å². The van der Waals surface area contributed by atoms with E-state index in [9.17, 15) is 14.4 Å². The van der Waals surface area contributed by atoms with Gasteiger partial charge in [-0.3, -0.25) is 14.4 Å². The second-order valence-corrected chi connectivity index (χ2v) is 9.13. The number of aromatic nitrogens is 1. The number of carbonyl (C=O) groups excluding carboxylic acids is 3. The van der Waals surface area contributed by atoms with Crippen LogP contribution >= 0.6 is 11.3 Å². The zero-order valence-electron chi connectivity index (χ0n) is 18.5. The molecular weight excluding hydrogens is 448 g/mol. The Balaban J connectivity index is 1.33. The van der Waals surface area contributed by atoms with E-state index in [1.54, 1.807) is 49.4 Å². The number of fused-ring (bicyclic) bond motifs is 2. The molecule has 1 amide bonds. The number of rotatable bonds is 5. The number of thiazole rings is 1. The molecule has 0 unspecified atom stereocenters. The molecule has 1 N–H and O–H groups in total. The van der Waals surface area contributed by atoms with Crippen LogP contribution in [0.5, 0.6) is 5.75 Å². The predicted octanol–water partition coefficient (Wildman–Crippen LogP) is 5.37. The molecule has 3 aromatic carbocycles. The van der Waals surface area contributed by atoms with Gasteiger partial charge in [0.2, 0.25) is 0 Å². The number of hydrogen-bond donors (Lipinski definition) is 1. The van der Waals surface area contributed by atoms with Crippen LogP contribution in [0.3, 0.4) is 0 Å². The van der Waals surface area contributed by atoms with Gasteiger partial charge < -0.3 is 10.1 Å². The van der Waals surface area contributed by atoms with E-state index < -0.39 is 0 Å². The predicted molar refractivity (Wildman–Crippen MR) is 130 cm³/mol. The first kappa shape index (κ1) is 21.7. The fraction of sp³-hybridized carbons (Fsp3) is 0.111. The highest BCUT2D eigenvalue weighted by Crippen LogP contribution is 2.30. The molecule has 168 valence electrons. The second kappa shape index (κ2) is 8.68. The van der Waals surface area contributed by atoms with Gasteiger partial charge in [-0.2, -0.15) is 0 Å². The molecule has 1 heterocycles. The zero-order valence-corrected chi connectivity index (χ0v) is 19.4. The topological polar surface area (TPSA) is 85.4 Å². The van der Waals surface area contributed by atoms with Gasteiger partial charge in [-0.15, -0.1) is 11.3 Å². The third-order valence-corrected chi connectivity index (χ3v) is 6.74. The summed E-state index contributed by atoms with van der Waals surface area (Å²) in [6, 6.07) is 19.3. The van der Waals surface area contributed by atoms with Crippen molar-refractivity contribution in [3.8, 4) is 5.75 Å². The SMILES string of the molecule is Cc1ccc(OCc2nc(C)c(C(=O)Nc3ccc4c(c3)C(=O)c3ccccc3C4=O)s2)cc1. The molecule has 0 saturated heterocycles. The lowest BCUT2D eigenvalue weighted by atomic mass is 9.84. The highest BCUT2D eigenvalue weighted by atomic mass is 32.1. The maximum Gasteiger partial charge on any atom is 0.267 e. The van der Waals surface area contributed by atoms with Crippen LogP contribution in [-0.4, -0.2) is 22.5 Å². The number of ether oxygens (including phenoxy) is 1. The van der Waals surface area contributed by atoms with Crippen LogP contribution in [0.1, 0.15) is 57.8 Å². The first-order valence-corrected chi connectivity index (χ1v) is 11.5. The average molecular weight is 469 g/mol. The summed E-state index contributed by atoms with van der Waals surface area (Å²) in [5, 5.41) is 3.52. The second-order valence-electron chi connectivity index (χ2n) is 8.04. The van der Waals surface area contributed by atoms with Crippen LogP contribution < -0.4 is 10.1 Å². The van der Waals surface area contributed by atoms with Gasteiger partial charge in [0.15, 0.2) is 11.6 Å². The Kier molecular flexibility index (Phi) is 5.55. The van der Waals surface area contributed by atoms with Crippen molar-refractivity contribution in [2.24, 2.45) is 0 Å². The van der Waals surface area contributed by atoms with Crippen molar-refractivity contribution in [2.75, 3.05) is 5.32 Å². The lowest BCUT2D eigenvalue weighted by Gasteiger charge is -2.18. The van der Waals surface area contributed by atoms with Crippen LogP contribution in [0.4, 0.5) is 5.69 Å². The summed E-state index contributed by atoms with van der Waals surface area (Å²) in [5.41, 5.74) is 3.59. The summed E-state index contributed by atoms with van der Waals surface area (Å²) in [6.45, 7) is 4.04. The maximum absolute atomic E-state index is 12.9. The molecule has 0 atom stereocenters. The molecule has 6 nitrogen and oxygen atoms in total. The van der Waals surface area contributed by atoms with Crippen molar-refractivity contribution in [3.63, 3.8) is 0 Å². The lowest BCUT2D eigenvalue weighted by molar-refractivity contribution is 0.0979. The highest BCUT2D eigenvalue weighted by Gasteiger charge is 2.29. The van der Waals surface area contributed by atoms with Crippen molar-refractivity contribution in [3.05, 3.63) is 110 Å². The number of aryl methyl sites for hydroxylation is 2. The molecule has 0 radical (unpaired) electrons. The minimum atomic E-state index is -0.327. The number of nitrogens with zero attached hydrogens (tertiary/aromatic N) is 1. The Morgan fingerprint density at radius 2 is 1.53 bits per heavy atom. The smallest absolute Gasteiger partial charge is 0.267 e. The summed E-state index contributed by atoms with van der Waals surface area (Å²) in [5.74, 6) is -0.0174. The number of hydrogen-bond acceptors (Lipinski definition) is 6. The van der Waals surface area contributed by atoms with Crippen LogP contribution in [0.2, 0.25) is 0 Å². The Bertz CT molecular complexity index is 1450. The Labute approximate surface area is 200 Å². The van der Waals surface area contributed by atoms with Crippen molar-refractivity contribution >= 4 is 34.5 Å². The fourth-order valence-corrected chi connectivity index (χ4v) is 4.74. The van der Waals surface area contributed by atoms with Gasteiger partial charge in [0.25, 0.3) is 5.91 Å². The molecule has 34 heavy (non-hydrogen) atoms. The summed E-state index contributed by atoms with van der Waals surface area (Å²) in [7, 11) is 0. The molecule has 5 rings (SSSR count). The lowest BCUT2D eigenvalue weighted by Crippen LogP contribution is -2.21. The number of ketones is 2. The fourth-order valence-electron chi connectivity index (χ4n) is 3.87. The van der Waals surface area contributed by atoms with Gasteiger partial charge in [-0.1, -0.05) is 42.0 Å². The normalized spacial score (nSPS) is 12.2. The Morgan fingerprint density at radius 1 is 0.882 bits per heavy atom. The molecule has 4 aromatic rings. The van der Waals surface area contributed by atoms with Gasteiger partial charge >= 0.3 is 0 Å². The van der Waals surface area contributed by atoms with Crippen LogP contribution in [0.25, 0.3) is 0 Å². The molecule has 0 spiro atoms. The minimum absolute atomic E-state index is 0.195. The van der Waals surface area contributed by atoms with Crippen LogP contribution in [-0.2, 0) is 6.61 Å². The van der Waals surface area contributed by atoms with Gasteiger partial charge in [-0.05, 0) is 44.2 Å². The van der Waals surface area contributed by atoms with Crippen molar-refractivity contribution in [1.29, 1.82) is 0 Å².